The summed E-state index contributed by atoms with van der Waals surface area (Å²) in [6, 6.07) is 15.5. The third kappa shape index (κ3) is 3.45. The number of para-hydroxylation sites is 1. The van der Waals surface area contributed by atoms with Gasteiger partial charge < -0.3 is 10.0 Å². The Morgan fingerprint density at radius 1 is 1.06 bits per heavy atom. The Morgan fingerprint density at radius 3 is 2.50 bits per heavy atom. The van der Waals surface area contributed by atoms with Crippen molar-refractivity contribution in [2.24, 2.45) is 0 Å². The van der Waals surface area contributed by atoms with Crippen molar-refractivity contribution in [1.82, 2.24) is 4.98 Å². The maximum Gasteiger partial charge on any atom is 0.129 e. The van der Waals surface area contributed by atoms with Crippen LogP contribution in [0.2, 0.25) is 5.15 Å². The molecule has 1 aromatic heterocycles. The maximum atomic E-state index is 9.14. The fourth-order valence-electron chi connectivity index (χ4n) is 1.79. The number of pyridine rings is 1. The SMILES string of the molecule is OCCN(Cc1cccc(Cl)n1)c1ccccc1. The molecule has 0 unspecified atom stereocenters. The molecule has 2 aromatic rings. The highest BCUT2D eigenvalue weighted by atomic mass is 35.5. The summed E-state index contributed by atoms with van der Waals surface area (Å²) in [4.78, 5) is 6.33. The van der Waals surface area contributed by atoms with Crippen LogP contribution in [0.3, 0.4) is 0 Å². The topological polar surface area (TPSA) is 36.4 Å². The molecule has 1 aromatic carbocycles. The normalized spacial score (nSPS) is 10.3. The van der Waals surface area contributed by atoms with Crippen molar-refractivity contribution < 1.29 is 5.11 Å². The quantitative estimate of drug-likeness (QED) is 0.842. The van der Waals surface area contributed by atoms with Crippen LogP contribution in [0.5, 0.6) is 0 Å². The number of aliphatic hydroxyl groups is 1. The number of halogens is 1. The number of aromatic nitrogens is 1. The summed E-state index contributed by atoms with van der Waals surface area (Å²) < 4.78 is 0. The molecular formula is C14H15ClN2O. The van der Waals surface area contributed by atoms with Gasteiger partial charge >= 0.3 is 0 Å². The molecular weight excluding hydrogens is 248 g/mol. The van der Waals surface area contributed by atoms with Gasteiger partial charge in [-0.3, -0.25) is 0 Å². The van der Waals surface area contributed by atoms with Gasteiger partial charge in [0.25, 0.3) is 0 Å². The number of aliphatic hydroxyl groups excluding tert-OH is 1. The third-order valence-corrected chi connectivity index (χ3v) is 2.83. The van der Waals surface area contributed by atoms with Crippen LogP contribution in [0.25, 0.3) is 0 Å². The predicted octanol–water partition coefficient (Wildman–Crippen LogP) is 2.73. The van der Waals surface area contributed by atoms with Gasteiger partial charge in [-0.25, -0.2) is 4.98 Å². The molecule has 0 aliphatic heterocycles. The monoisotopic (exact) mass is 262 g/mol. The first kappa shape index (κ1) is 12.9. The first-order valence-electron chi connectivity index (χ1n) is 5.82. The molecule has 0 saturated carbocycles. The van der Waals surface area contributed by atoms with Gasteiger partial charge in [0, 0.05) is 12.2 Å². The van der Waals surface area contributed by atoms with Crippen LogP contribution >= 0.6 is 11.6 Å². The van der Waals surface area contributed by atoms with Gasteiger partial charge in [-0.2, -0.15) is 0 Å². The lowest BCUT2D eigenvalue weighted by molar-refractivity contribution is 0.301. The maximum absolute atomic E-state index is 9.14. The highest BCUT2D eigenvalue weighted by Gasteiger charge is 2.07. The minimum absolute atomic E-state index is 0.107. The van der Waals surface area contributed by atoms with Crippen LogP contribution in [0, 0.1) is 0 Å². The molecule has 0 fully saturated rings. The lowest BCUT2D eigenvalue weighted by Gasteiger charge is -2.23. The largest absolute Gasteiger partial charge is 0.395 e. The van der Waals surface area contributed by atoms with Crippen molar-refractivity contribution >= 4 is 17.3 Å². The van der Waals surface area contributed by atoms with E-state index in [0.717, 1.165) is 11.4 Å². The molecule has 3 nitrogen and oxygen atoms in total. The van der Waals surface area contributed by atoms with Gasteiger partial charge in [-0.15, -0.1) is 0 Å². The van der Waals surface area contributed by atoms with E-state index in [1.54, 1.807) is 6.07 Å². The molecule has 0 bridgehead atoms. The van der Waals surface area contributed by atoms with E-state index in [4.69, 9.17) is 16.7 Å². The fourth-order valence-corrected chi connectivity index (χ4v) is 1.97. The smallest absolute Gasteiger partial charge is 0.129 e. The minimum atomic E-state index is 0.107. The number of nitrogens with zero attached hydrogens (tertiary/aromatic N) is 2. The number of hydrogen-bond donors (Lipinski definition) is 1. The first-order chi connectivity index (χ1) is 8.79. The van der Waals surface area contributed by atoms with Crippen LogP contribution in [0.4, 0.5) is 5.69 Å². The Hall–Kier alpha value is -1.58. The van der Waals surface area contributed by atoms with Gasteiger partial charge in [0.15, 0.2) is 0 Å². The Balaban J connectivity index is 2.16. The second kappa shape index (κ2) is 6.38. The molecule has 0 aliphatic rings. The molecule has 0 atom stereocenters. The highest BCUT2D eigenvalue weighted by molar-refractivity contribution is 6.29. The molecule has 94 valence electrons. The second-order valence-corrected chi connectivity index (χ2v) is 4.32. The van der Waals surface area contributed by atoms with E-state index in [-0.39, 0.29) is 6.61 Å². The molecule has 0 radical (unpaired) electrons. The fraction of sp³-hybridized carbons (Fsp3) is 0.214. The van der Waals surface area contributed by atoms with Crippen LogP contribution in [0.15, 0.2) is 48.5 Å². The molecule has 18 heavy (non-hydrogen) atoms. The average Bonchev–Trinajstić information content (AvgIpc) is 2.39. The summed E-state index contributed by atoms with van der Waals surface area (Å²) in [6.45, 7) is 1.30. The Kier molecular flexibility index (Phi) is 4.56. The Labute approximate surface area is 112 Å². The summed E-state index contributed by atoms with van der Waals surface area (Å²) in [5.74, 6) is 0. The predicted molar refractivity (Wildman–Crippen MR) is 73.8 cm³/mol. The van der Waals surface area contributed by atoms with Gasteiger partial charge in [0.2, 0.25) is 0 Å². The molecule has 1 heterocycles. The average molecular weight is 263 g/mol. The molecule has 1 N–H and O–H groups in total. The lowest BCUT2D eigenvalue weighted by Crippen LogP contribution is -2.26. The zero-order valence-electron chi connectivity index (χ0n) is 9.96. The number of hydrogen-bond acceptors (Lipinski definition) is 3. The number of benzene rings is 1. The van der Waals surface area contributed by atoms with E-state index in [1.807, 2.05) is 42.5 Å². The second-order valence-electron chi connectivity index (χ2n) is 3.93. The van der Waals surface area contributed by atoms with Crippen molar-refractivity contribution in [2.75, 3.05) is 18.1 Å². The van der Waals surface area contributed by atoms with Crippen LogP contribution in [-0.2, 0) is 6.54 Å². The van der Waals surface area contributed by atoms with E-state index in [0.29, 0.717) is 18.2 Å². The molecule has 0 amide bonds. The van der Waals surface area contributed by atoms with Crippen molar-refractivity contribution in [1.29, 1.82) is 0 Å². The summed E-state index contributed by atoms with van der Waals surface area (Å²) in [5.41, 5.74) is 1.95. The standard InChI is InChI=1S/C14H15ClN2O/c15-14-8-4-5-12(16-14)11-17(9-10-18)13-6-2-1-3-7-13/h1-8,18H,9-11H2. The zero-order valence-corrected chi connectivity index (χ0v) is 10.7. The van der Waals surface area contributed by atoms with Crippen LogP contribution in [0.1, 0.15) is 5.69 Å². The molecule has 0 aliphatic carbocycles. The molecule has 0 saturated heterocycles. The number of rotatable bonds is 5. The van der Waals surface area contributed by atoms with E-state index in [1.165, 1.54) is 0 Å². The third-order valence-electron chi connectivity index (χ3n) is 2.62. The summed E-state index contributed by atoms with van der Waals surface area (Å²) in [7, 11) is 0. The van der Waals surface area contributed by atoms with Gasteiger partial charge in [0.05, 0.1) is 18.8 Å². The van der Waals surface area contributed by atoms with E-state index < -0.39 is 0 Å². The molecule has 4 heteroatoms. The van der Waals surface area contributed by atoms with Crippen LogP contribution in [-0.4, -0.2) is 23.2 Å². The van der Waals surface area contributed by atoms with Crippen molar-refractivity contribution in [3.63, 3.8) is 0 Å². The number of anilines is 1. The highest BCUT2D eigenvalue weighted by Crippen LogP contribution is 2.16. The van der Waals surface area contributed by atoms with Crippen molar-refractivity contribution in [3.05, 3.63) is 59.4 Å². The summed E-state index contributed by atoms with van der Waals surface area (Å²) in [6.07, 6.45) is 0. The van der Waals surface area contributed by atoms with Crippen molar-refractivity contribution in [3.8, 4) is 0 Å². The molecule has 0 spiro atoms. The van der Waals surface area contributed by atoms with Crippen LogP contribution < -0.4 is 4.90 Å². The van der Waals surface area contributed by atoms with Gasteiger partial charge in [0.1, 0.15) is 5.15 Å². The van der Waals surface area contributed by atoms with E-state index >= 15 is 0 Å². The Morgan fingerprint density at radius 2 is 1.83 bits per heavy atom. The van der Waals surface area contributed by atoms with E-state index in [2.05, 4.69) is 9.88 Å². The van der Waals surface area contributed by atoms with E-state index in [9.17, 15) is 0 Å². The first-order valence-corrected chi connectivity index (χ1v) is 6.19. The van der Waals surface area contributed by atoms with Gasteiger partial charge in [-0.1, -0.05) is 35.9 Å². The van der Waals surface area contributed by atoms with Crippen molar-refractivity contribution in [2.45, 2.75) is 6.54 Å². The zero-order chi connectivity index (χ0) is 12.8. The minimum Gasteiger partial charge on any atom is -0.395 e. The summed E-state index contributed by atoms with van der Waals surface area (Å²) in [5, 5.41) is 9.63. The van der Waals surface area contributed by atoms with Gasteiger partial charge in [-0.05, 0) is 24.3 Å². The molecule has 2 rings (SSSR count). The Bertz CT molecular complexity index is 490. The lowest BCUT2D eigenvalue weighted by atomic mass is 10.2. The summed E-state index contributed by atoms with van der Waals surface area (Å²) >= 11 is 5.87.